The monoisotopic (exact) mass is 274 g/mol. The van der Waals surface area contributed by atoms with Crippen LogP contribution in [0.1, 0.15) is 36.2 Å². The van der Waals surface area contributed by atoms with E-state index in [0.29, 0.717) is 0 Å². The van der Waals surface area contributed by atoms with Crippen molar-refractivity contribution in [3.05, 3.63) is 64.4 Å². The van der Waals surface area contributed by atoms with Crippen molar-refractivity contribution >= 4 is 11.6 Å². The molecule has 0 radical (unpaired) electrons. The van der Waals surface area contributed by atoms with Crippen LogP contribution in [0.15, 0.2) is 42.6 Å². The van der Waals surface area contributed by atoms with Gasteiger partial charge in [-0.1, -0.05) is 36.7 Å². The zero-order valence-electron chi connectivity index (χ0n) is 11.4. The first kappa shape index (κ1) is 14.0. The second-order valence-corrected chi connectivity index (χ2v) is 5.11. The topological polar surface area (TPSA) is 24.9 Å². The van der Waals surface area contributed by atoms with E-state index in [1.807, 2.05) is 31.3 Å². The summed E-state index contributed by atoms with van der Waals surface area (Å²) >= 11 is 5.95. The van der Waals surface area contributed by atoms with Gasteiger partial charge < -0.3 is 5.32 Å². The molecule has 1 N–H and O–H groups in total. The van der Waals surface area contributed by atoms with Gasteiger partial charge in [-0.05, 0) is 49.2 Å². The van der Waals surface area contributed by atoms with Crippen LogP contribution in [-0.4, -0.2) is 11.5 Å². The van der Waals surface area contributed by atoms with Gasteiger partial charge in [-0.2, -0.15) is 0 Å². The predicted molar refractivity (Wildman–Crippen MR) is 80.6 cm³/mol. The number of halogens is 1. The smallest absolute Gasteiger partial charge is 0.0591 e. The molecule has 0 aliphatic heterocycles. The number of hydrogen-bond donors (Lipinski definition) is 1. The molecule has 0 fully saturated rings. The third-order valence-electron chi connectivity index (χ3n) is 3.07. The van der Waals surface area contributed by atoms with E-state index in [2.05, 4.69) is 35.4 Å². The Labute approximate surface area is 119 Å². The van der Waals surface area contributed by atoms with Crippen molar-refractivity contribution < 1.29 is 0 Å². The van der Waals surface area contributed by atoms with Crippen LogP contribution in [0, 0.1) is 6.92 Å². The molecule has 0 spiro atoms. The maximum absolute atomic E-state index is 5.95. The van der Waals surface area contributed by atoms with Gasteiger partial charge in [-0.25, -0.2) is 0 Å². The minimum Gasteiger partial charge on any atom is -0.306 e. The largest absolute Gasteiger partial charge is 0.306 e. The Hall–Kier alpha value is -1.38. The number of pyridine rings is 1. The highest BCUT2D eigenvalue weighted by Crippen LogP contribution is 2.23. The number of hydrogen-bond acceptors (Lipinski definition) is 2. The molecule has 0 saturated carbocycles. The molecule has 3 heteroatoms. The molecule has 2 aromatic rings. The lowest BCUT2D eigenvalue weighted by Gasteiger charge is -2.19. The highest BCUT2D eigenvalue weighted by molar-refractivity contribution is 6.30. The number of rotatable bonds is 5. The molecule has 1 heterocycles. The summed E-state index contributed by atoms with van der Waals surface area (Å²) in [4.78, 5) is 4.39. The Bertz CT molecular complexity index is 460. The van der Waals surface area contributed by atoms with Crippen LogP contribution in [0.5, 0.6) is 0 Å². The maximum Gasteiger partial charge on any atom is 0.0591 e. The van der Waals surface area contributed by atoms with Crippen molar-refractivity contribution in [2.45, 2.75) is 26.3 Å². The number of nitrogens with one attached hydrogen (secondary N) is 1. The van der Waals surface area contributed by atoms with Gasteiger partial charge in [0.25, 0.3) is 0 Å². The van der Waals surface area contributed by atoms with Crippen molar-refractivity contribution in [3.63, 3.8) is 0 Å². The van der Waals surface area contributed by atoms with E-state index >= 15 is 0 Å². The number of aryl methyl sites for hydroxylation is 1. The van der Waals surface area contributed by atoms with E-state index in [1.165, 1.54) is 11.1 Å². The van der Waals surface area contributed by atoms with Crippen LogP contribution < -0.4 is 5.32 Å². The van der Waals surface area contributed by atoms with Crippen LogP contribution in [0.4, 0.5) is 0 Å². The van der Waals surface area contributed by atoms with Crippen LogP contribution in [-0.2, 0) is 0 Å². The first-order valence-electron chi connectivity index (χ1n) is 6.62. The summed E-state index contributed by atoms with van der Waals surface area (Å²) in [6.45, 7) is 5.14. The van der Waals surface area contributed by atoms with Crippen molar-refractivity contribution in [1.29, 1.82) is 0 Å². The molecule has 0 bridgehead atoms. The lowest BCUT2D eigenvalue weighted by molar-refractivity contribution is 0.597. The van der Waals surface area contributed by atoms with E-state index in [1.54, 1.807) is 0 Å². The zero-order chi connectivity index (χ0) is 13.7. The Balaban J connectivity index is 2.29. The summed E-state index contributed by atoms with van der Waals surface area (Å²) < 4.78 is 0. The lowest BCUT2D eigenvalue weighted by atomic mass is 10.00. The SMILES string of the molecule is CCCNC(c1ccc(Cl)cc1)c1ccc(C)nc1. The average molecular weight is 275 g/mol. The summed E-state index contributed by atoms with van der Waals surface area (Å²) in [5, 5.41) is 4.32. The summed E-state index contributed by atoms with van der Waals surface area (Å²) in [7, 11) is 0. The molecule has 2 rings (SSSR count). The summed E-state index contributed by atoms with van der Waals surface area (Å²) in [5.74, 6) is 0. The van der Waals surface area contributed by atoms with E-state index in [-0.39, 0.29) is 6.04 Å². The minimum atomic E-state index is 0.172. The fourth-order valence-corrected chi connectivity index (χ4v) is 2.15. The average Bonchev–Trinajstić information content (AvgIpc) is 2.43. The molecule has 1 aromatic carbocycles. The Morgan fingerprint density at radius 1 is 1.11 bits per heavy atom. The van der Waals surface area contributed by atoms with Crippen molar-refractivity contribution in [3.8, 4) is 0 Å². The minimum absolute atomic E-state index is 0.172. The fraction of sp³-hybridized carbons (Fsp3) is 0.312. The van der Waals surface area contributed by atoms with E-state index in [0.717, 1.165) is 23.7 Å². The van der Waals surface area contributed by atoms with E-state index < -0.39 is 0 Å². The van der Waals surface area contributed by atoms with Crippen molar-refractivity contribution in [2.24, 2.45) is 0 Å². The quantitative estimate of drug-likeness (QED) is 0.887. The summed E-state index contributed by atoms with van der Waals surface area (Å²) in [6.07, 6.45) is 3.04. The molecule has 1 atom stereocenters. The van der Waals surface area contributed by atoms with Crippen LogP contribution in [0.2, 0.25) is 5.02 Å². The van der Waals surface area contributed by atoms with Gasteiger partial charge in [0.2, 0.25) is 0 Å². The molecule has 0 aliphatic rings. The Kier molecular flexibility index (Phi) is 4.94. The molecule has 19 heavy (non-hydrogen) atoms. The van der Waals surface area contributed by atoms with Crippen LogP contribution in [0.25, 0.3) is 0 Å². The lowest BCUT2D eigenvalue weighted by Crippen LogP contribution is -2.23. The molecular weight excluding hydrogens is 256 g/mol. The zero-order valence-corrected chi connectivity index (χ0v) is 12.1. The summed E-state index contributed by atoms with van der Waals surface area (Å²) in [5.41, 5.74) is 3.43. The highest BCUT2D eigenvalue weighted by Gasteiger charge is 2.13. The van der Waals surface area contributed by atoms with E-state index in [9.17, 15) is 0 Å². The van der Waals surface area contributed by atoms with E-state index in [4.69, 9.17) is 11.6 Å². The van der Waals surface area contributed by atoms with Gasteiger partial charge in [0.15, 0.2) is 0 Å². The molecule has 1 aromatic heterocycles. The number of benzene rings is 1. The Morgan fingerprint density at radius 3 is 2.37 bits per heavy atom. The fourth-order valence-electron chi connectivity index (χ4n) is 2.02. The predicted octanol–water partition coefficient (Wildman–Crippen LogP) is 4.13. The number of nitrogens with zero attached hydrogens (tertiary/aromatic N) is 1. The third-order valence-corrected chi connectivity index (χ3v) is 3.32. The Morgan fingerprint density at radius 2 is 1.79 bits per heavy atom. The van der Waals surface area contributed by atoms with Gasteiger partial charge in [-0.15, -0.1) is 0 Å². The number of aromatic nitrogens is 1. The molecule has 100 valence electrons. The third kappa shape index (κ3) is 3.79. The van der Waals surface area contributed by atoms with Gasteiger partial charge in [0.05, 0.1) is 6.04 Å². The highest BCUT2D eigenvalue weighted by atomic mass is 35.5. The van der Waals surface area contributed by atoms with Crippen molar-refractivity contribution in [1.82, 2.24) is 10.3 Å². The van der Waals surface area contributed by atoms with Gasteiger partial charge in [-0.3, -0.25) is 4.98 Å². The second-order valence-electron chi connectivity index (χ2n) is 4.67. The van der Waals surface area contributed by atoms with Crippen molar-refractivity contribution in [2.75, 3.05) is 6.54 Å². The van der Waals surface area contributed by atoms with Gasteiger partial charge >= 0.3 is 0 Å². The molecular formula is C16H19ClN2. The molecule has 0 saturated heterocycles. The molecule has 0 amide bonds. The maximum atomic E-state index is 5.95. The first-order chi connectivity index (χ1) is 9.20. The normalized spacial score (nSPS) is 12.4. The molecule has 0 aliphatic carbocycles. The van der Waals surface area contributed by atoms with Crippen LogP contribution >= 0.6 is 11.6 Å². The second kappa shape index (κ2) is 6.69. The first-order valence-corrected chi connectivity index (χ1v) is 7.00. The van der Waals surface area contributed by atoms with Crippen LogP contribution in [0.3, 0.4) is 0 Å². The van der Waals surface area contributed by atoms with Gasteiger partial charge in [0, 0.05) is 16.9 Å². The molecule has 1 unspecified atom stereocenters. The van der Waals surface area contributed by atoms with Gasteiger partial charge in [0.1, 0.15) is 0 Å². The standard InChI is InChI=1S/C16H19ClN2/c1-3-10-18-16(13-6-8-15(17)9-7-13)14-5-4-12(2)19-11-14/h4-9,11,16,18H,3,10H2,1-2H3. The summed E-state index contributed by atoms with van der Waals surface area (Å²) in [6, 6.07) is 12.3. The molecule has 2 nitrogen and oxygen atoms in total.